The second-order valence-electron chi connectivity index (χ2n) is 10.8. The van der Waals surface area contributed by atoms with Crippen LogP contribution in [0.2, 0.25) is 0 Å². The lowest BCUT2D eigenvalue weighted by atomic mass is 9.77. The highest BCUT2D eigenvalue weighted by atomic mass is 32.2. The average molecular weight is 618 g/mol. The maximum Gasteiger partial charge on any atom is 0.516 e. The van der Waals surface area contributed by atoms with Gasteiger partial charge in [-0.05, 0) is 38.8 Å². The van der Waals surface area contributed by atoms with E-state index >= 15 is 0 Å². The maximum atomic E-state index is 13.6. The second kappa shape index (κ2) is 10.5. The van der Waals surface area contributed by atoms with Crippen molar-refractivity contribution in [3.8, 4) is 5.75 Å². The van der Waals surface area contributed by atoms with Crippen LogP contribution in [-0.4, -0.2) is 70.5 Å². The summed E-state index contributed by atoms with van der Waals surface area (Å²) in [6.07, 6.45) is 0.660. The molecule has 12 nitrogen and oxygen atoms in total. The number of thiazole rings is 1. The van der Waals surface area contributed by atoms with Gasteiger partial charge in [-0.2, -0.15) is 0 Å². The van der Waals surface area contributed by atoms with Crippen molar-refractivity contribution in [1.29, 1.82) is 0 Å². The topological polar surface area (TPSA) is 154 Å². The third kappa shape index (κ3) is 4.96. The number of esters is 1. The molecule has 1 unspecified atom stereocenters. The minimum Gasteiger partial charge on any atom is -0.421 e. The number of aliphatic hydroxyl groups excluding tert-OH is 1. The molecule has 1 aromatic carbocycles. The van der Waals surface area contributed by atoms with Crippen LogP contribution < -0.4 is 4.74 Å². The standard InChI is InChI=1S/C28H31N3O9S2/c1-12-8-13(2)23(14(3)9-12)40-28(35)39-17(6)38-27(34)22-19(15(4)21-20(16(5)32)25(33)31(21)22)18-10-30-11-29-24(26(30)41-18)42(7,36)37/h8-11,15-17,20-21,32H,1-7H3/t15-,16+,17?,20+,21+/m0/s1. The van der Waals surface area contributed by atoms with Gasteiger partial charge in [0.15, 0.2) is 14.9 Å². The zero-order valence-corrected chi connectivity index (χ0v) is 25.7. The predicted octanol–water partition coefficient (Wildman–Crippen LogP) is 3.40. The van der Waals surface area contributed by atoms with Crippen LogP contribution in [0.25, 0.3) is 10.4 Å². The zero-order chi connectivity index (χ0) is 30.8. The quantitative estimate of drug-likeness (QED) is 0.181. The number of sulfone groups is 1. The number of β-lactam (4-membered cyclic amide) rings is 1. The highest BCUT2D eigenvalue weighted by molar-refractivity contribution is 7.91. The van der Waals surface area contributed by atoms with E-state index in [2.05, 4.69) is 4.98 Å². The van der Waals surface area contributed by atoms with Gasteiger partial charge in [-0.1, -0.05) is 24.6 Å². The number of carbonyl (C=O) groups is 3. The van der Waals surface area contributed by atoms with Crippen molar-refractivity contribution in [3.63, 3.8) is 0 Å². The van der Waals surface area contributed by atoms with Gasteiger partial charge in [0.1, 0.15) is 22.6 Å². The summed E-state index contributed by atoms with van der Waals surface area (Å²) >= 11 is 1.11. The van der Waals surface area contributed by atoms with E-state index in [0.29, 0.717) is 21.0 Å². The van der Waals surface area contributed by atoms with Crippen LogP contribution in [0, 0.1) is 32.6 Å². The molecule has 0 saturated carbocycles. The number of ether oxygens (including phenoxy) is 3. The lowest BCUT2D eigenvalue weighted by Crippen LogP contribution is -2.63. The molecule has 0 aliphatic carbocycles. The van der Waals surface area contributed by atoms with Gasteiger partial charge in [0.2, 0.25) is 12.2 Å². The fraction of sp³-hybridized carbons (Fsp3) is 0.429. The smallest absolute Gasteiger partial charge is 0.421 e. The van der Waals surface area contributed by atoms with Crippen molar-refractivity contribution >= 4 is 49.6 Å². The molecule has 2 aliphatic heterocycles. The number of aliphatic hydroxyl groups is 1. The summed E-state index contributed by atoms with van der Waals surface area (Å²) in [5.41, 5.74) is 2.88. The number of hydrogen-bond acceptors (Lipinski definition) is 11. The van der Waals surface area contributed by atoms with Crippen molar-refractivity contribution < 1.29 is 42.1 Å². The van der Waals surface area contributed by atoms with Crippen LogP contribution in [0.3, 0.4) is 0 Å². The van der Waals surface area contributed by atoms with Crippen molar-refractivity contribution in [2.75, 3.05) is 6.26 Å². The summed E-state index contributed by atoms with van der Waals surface area (Å²) in [5.74, 6) is -2.15. The molecule has 4 heterocycles. The van der Waals surface area contributed by atoms with E-state index in [-0.39, 0.29) is 10.7 Å². The van der Waals surface area contributed by atoms with Gasteiger partial charge in [0, 0.05) is 30.9 Å². The molecular formula is C28H31N3O9S2. The van der Waals surface area contributed by atoms with Gasteiger partial charge in [-0.3, -0.25) is 9.20 Å². The first-order valence-corrected chi connectivity index (χ1v) is 15.9. The minimum atomic E-state index is -3.62. The number of benzene rings is 1. The number of carbonyl (C=O) groups excluding carboxylic acids is 3. The Labute approximate surface area is 246 Å². The number of nitrogens with zero attached hydrogens (tertiary/aromatic N) is 3. The molecule has 2 aromatic heterocycles. The first kappa shape index (κ1) is 29.7. The first-order chi connectivity index (χ1) is 19.6. The van der Waals surface area contributed by atoms with E-state index in [9.17, 15) is 27.9 Å². The van der Waals surface area contributed by atoms with Crippen LogP contribution in [0.5, 0.6) is 5.75 Å². The molecule has 5 rings (SSSR count). The van der Waals surface area contributed by atoms with E-state index in [1.54, 1.807) is 24.4 Å². The highest BCUT2D eigenvalue weighted by Gasteiger charge is 2.60. The van der Waals surface area contributed by atoms with E-state index in [1.807, 2.05) is 26.0 Å². The Hall–Kier alpha value is -3.75. The molecule has 1 N–H and O–H groups in total. The Bertz CT molecular complexity index is 1750. The van der Waals surface area contributed by atoms with E-state index < -0.39 is 58.1 Å². The van der Waals surface area contributed by atoms with Gasteiger partial charge in [-0.15, -0.1) is 11.3 Å². The van der Waals surface area contributed by atoms with Gasteiger partial charge < -0.3 is 24.2 Å². The summed E-state index contributed by atoms with van der Waals surface area (Å²) in [6.45, 7) is 10.2. The van der Waals surface area contributed by atoms with Crippen LogP contribution in [-0.2, 0) is 28.9 Å². The monoisotopic (exact) mass is 617 g/mol. The van der Waals surface area contributed by atoms with E-state index in [1.165, 1.54) is 25.1 Å². The van der Waals surface area contributed by atoms with Gasteiger partial charge in [-0.25, -0.2) is 23.0 Å². The van der Waals surface area contributed by atoms with E-state index in [0.717, 1.165) is 34.3 Å². The number of rotatable bonds is 7. The summed E-state index contributed by atoms with van der Waals surface area (Å²) < 4.78 is 42.1. The minimum absolute atomic E-state index is 0.0539. The number of amides is 1. The first-order valence-electron chi connectivity index (χ1n) is 13.2. The van der Waals surface area contributed by atoms with Gasteiger partial charge >= 0.3 is 12.1 Å². The Morgan fingerprint density at radius 1 is 1.12 bits per heavy atom. The number of imidazole rings is 1. The molecular weight excluding hydrogens is 586 g/mol. The fourth-order valence-electron chi connectivity index (χ4n) is 5.84. The van der Waals surface area contributed by atoms with Crippen molar-refractivity contribution in [1.82, 2.24) is 14.3 Å². The molecule has 0 spiro atoms. The second-order valence-corrected chi connectivity index (χ2v) is 13.8. The predicted molar refractivity (Wildman–Crippen MR) is 151 cm³/mol. The number of fused-ring (bicyclic) bond motifs is 2. The fourth-order valence-corrected chi connectivity index (χ4v) is 8.19. The van der Waals surface area contributed by atoms with Crippen LogP contribution in [0.15, 0.2) is 35.4 Å². The molecule has 0 radical (unpaired) electrons. The van der Waals surface area contributed by atoms with Crippen molar-refractivity contribution in [3.05, 3.63) is 51.9 Å². The molecule has 224 valence electrons. The molecule has 1 amide bonds. The summed E-state index contributed by atoms with van der Waals surface area (Å²) in [6, 6.07) is 3.20. The zero-order valence-electron chi connectivity index (χ0n) is 24.1. The molecule has 5 atom stereocenters. The normalized spacial score (nSPS) is 21.7. The third-order valence-corrected chi connectivity index (χ3v) is 9.76. The number of hydrogen-bond donors (Lipinski definition) is 1. The summed E-state index contributed by atoms with van der Waals surface area (Å²) in [7, 11) is -3.62. The third-order valence-electron chi connectivity index (χ3n) is 7.49. The maximum absolute atomic E-state index is 13.6. The van der Waals surface area contributed by atoms with Gasteiger partial charge in [0.25, 0.3) is 0 Å². The van der Waals surface area contributed by atoms with Gasteiger partial charge in [0.05, 0.1) is 22.9 Å². The van der Waals surface area contributed by atoms with Crippen LogP contribution in [0.4, 0.5) is 4.79 Å². The summed E-state index contributed by atoms with van der Waals surface area (Å²) in [5, 5.41) is 10.2. The molecule has 0 bridgehead atoms. The van der Waals surface area contributed by atoms with E-state index in [4.69, 9.17) is 14.2 Å². The summed E-state index contributed by atoms with van der Waals surface area (Å²) in [4.78, 5) is 45.4. The number of aryl methyl sites for hydroxylation is 3. The number of aromatic nitrogens is 2. The Balaban J connectivity index is 1.44. The lowest BCUT2D eigenvalue weighted by Gasteiger charge is -2.46. The lowest BCUT2D eigenvalue weighted by molar-refractivity contribution is -0.172. The average Bonchev–Trinajstić information content (AvgIpc) is 3.50. The molecule has 3 aromatic rings. The molecule has 2 aliphatic rings. The van der Waals surface area contributed by atoms with Crippen LogP contribution >= 0.6 is 11.3 Å². The molecule has 14 heteroatoms. The largest absolute Gasteiger partial charge is 0.516 e. The Kier molecular flexibility index (Phi) is 7.44. The molecule has 1 fully saturated rings. The Morgan fingerprint density at radius 3 is 2.36 bits per heavy atom. The molecule has 42 heavy (non-hydrogen) atoms. The molecule has 1 saturated heterocycles. The van der Waals surface area contributed by atoms with Crippen molar-refractivity contribution in [2.45, 2.75) is 65.0 Å². The SMILES string of the molecule is Cc1cc(C)c(OC(=O)OC(C)OC(=O)C2=C(c3cn4cnc(S(C)(=O)=O)c4s3)[C@H](C)[C@@H]3[C@@H]([C@@H](C)O)C(=O)N23)c(C)c1. The highest BCUT2D eigenvalue weighted by Crippen LogP contribution is 2.52. The van der Waals surface area contributed by atoms with Crippen LogP contribution in [0.1, 0.15) is 42.3 Å². The van der Waals surface area contributed by atoms with Crippen molar-refractivity contribution in [2.24, 2.45) is 11.8 Å². The Morgan fingerprint density at radius 2 is 1.76 bits per heavy atom.